The van der Waals surface area contributed by atoms with Crippen LogP contribution in [0.2, 0.25) is 0 Å². The predicted molar refractivity (Wildman–Crippen MR) is 107 cm³/mol. The maximum Gasteiger partial charge on any atom is 0.253 e. The van der Waals surface area contributed by atoms with Crippen molar-refractivity contribution in [2.75, 3.05) is 26.2 Å². The summed E-state index contributed by atoms with van der Waals surface area (Å²) in [5, 5.41) is 3.49. The minimum absolute atomic E-state index is 0. The van der Waals surface area contributed by atoms with Gasteiger partial charge in [0.05, 0.1) is 0 Å². The largest absolute Gasteiger partial charge is 0.339 e. The van der Waals surface area contributed by atoms with Crippen molar-refractivity contribution in [2.45, 2.75) is 25.7 Å². The first-order valence-corrected chi connectivity index (χ1v) is 9.45. The van der Waals surface area contributed by atoms with E-state index in [0.29, 0.717) is 5.41 Å². The lowest BCUT2D eigenvalue weighted by Gasteiger charge is -2.39. The van der Waals surface area contributed by atoms with Crippen molar-refractivity contribution in [3.63, 3.8) is 0 Å². The zero-order chi connectivity index (χ0) is 16.9. The van der Waals surface area contributed by atoms with Gasteiger partial charge in [-0.3, -0.25) is 4.79 Å². The first-order valence-electron chi connectivity index (χ1n) is 9.45. The van der Waals surface area contributed by atoms with Gasteiger partial charge in [-0.05, 0) is 72.0 Å². The molecule has 2 aromatic carbocycles. The minimum atomic E-state index is 0. The lowest BCUT2D eigenvalue weighted by molar-refractivity contribution is 0.0607. The lowest BCUT2D eigenvalue weighted by atomic mass is 9.78. The van der Waals surface area contributed by atoms with Gasteiger partial charge in [-0.15, -0.1) is 12.4 Å². The van der Waals surface area contributed by atoms with Gasteiger partial charge < -0.3 is 10.2 Å². The van der Waals surface area contributed by atoms with Crippen molar-refractivity contribution in [1.82, 2.24) is 10.2 Å². The van der Waals surface area contributed by atoms with E-state index in [9.17, 15) is 4.79 Å². The van der Waals surface area contributed by atoms with E-state index in [0.717, 1.165) is 51.0 Å². The van der Waals surface area contributed by atoms with Crippen molar-refractivity contribution < 1.29 is 4.79 Å². The number of hydrogen-bond donors (Lipinski definition) is 1. The summed E-state index contributed by atoms with van der Waals surface area (Å²) in [6.45, 7) is 4.07. The molecule has 1 N–H and O–H groups in total. The zero-order valence-electron chi connectivity index (χ0n) is 15.0. The Hall–Kier alpha value is -1.84. The maximum absolute atomic E-state index is 13.0. The van der Waals surface area contributed by atoms with Crippen LogP contribution < -0.4 is 5.32 Å². The van der Waals surface area contributed by atoms with Crippen LogP contribution in [0.5, 0.6) is 0 Å². The molecule has 0 bridgehead atoms. The van der Waals surface area contributed by atoms with Crippen LogP contribution in [0.25, 0.3) is 11.1 Å². The molecule has 3 aliphatic rings. The molecule has 136 valence electrons. The van der Waals surface area contributed by atoms with Crippen LogP contribution in [0, 0.1) is 5.41 Å². The number of fused-ring (bicyclic) bond motifs is 3. The second-order valence-corrected chi connectivity index (χ2v) is 7.92. The van der Waals surface area contributed by atoms with Gasteiger partial charge in [0, 0.05) is 25.2 Å². The molecular formula is C22H25ClN2O. The number of nitrogens with zero attached hydrogens (tertiary/aromatic N) is 1. The Balaban J connectivity index is 0.00000168. The number of hydrogen-bond acceptors (Lipinski definition) is 2. The smallest absolute Gasteiger partial charge is 0.253 e. The number of amides is 1. The molecule has 0 aromatic heterocycles. The highest BCUT2D eigenvalue weighted by atomic mass is 35.5. The van der Waals surface area contributed by atoms with Gasteiger partial charge in [-0.1, -0.05) is 30.3 Å². The highest BCUT2D eigenvalue weighted by molar-refractivity contribution is 5.95. The van der Waals surface area contributed by atoms with Gasteiger partial charge in [0.15, 0.2) is 0 Å². The van der Waals surface area contributed by atoms with Crippen molar-refractivity contribution in [3.8, 4) is 11.1 Å². The molecule has 0 saturated carbocycles. The molecule has 1 spiro atoms. The van der Waals surface area contributed by atoms with Crippen LogP contribution in [-0.2, 0) is 6.42 Å². The second kappa shape index (κ2) is 6.71. The molecule has 26 heavy (non-hydrogen) atoms. The molecule has 2 aromatic rings. The van der Waals surface area contributed by atoms with E-state index in [1.807, 2.05) is 6.07 Å². The third-order valence-corrected chi connectivity index (χ3v) is 6.48. The Morgan fingerprint density at radius 3 is 2.50 bits per heavy atom. The van der Waals surface area contributed by atoms with Gasteiger partial charge in [-0.2, -0.15) is 0 Å². The van der Waals surface area contributed by atoms with Crippen molar-refractivity contribution in [3.05, 3.63) is 59.2 Å². The average molecular weight is 369 g/mol. The van der Waals surface area contributed by atoms with E-state index >= 15 is 0 Å². The van der Waals surface area contributed by atoms with Gasteiger partial charge in [0.1, 0.15) is 0 Å². The van der Waals surface area contributed by atoms with Gasteiger partial charge >= 0.3 is 0 Å². The quantitative estimate of drug-likeness (QED) is 0.706. The Labute approximate surface area is 161 Å². The maximum atomic E-state index is 13.0. The Kier molecular flexibility index (Phi) is 4.54. The fraction of sp³-hybridized carbons (Fsp3) is 0.409. The normalized spacial score (nSPS) is 19.8. The highest BCUT2D eigenvalue weighted by Crippen LogP contribution is 2.39. The number of piperidine rings is 1. The van der Waals surface area contributed by atoms with Crippen molar-refractivity contribution >= 4 is 18.3 Å². The molecule has 2 heterocycles. The number of benzene rings is 2. The molecule has 2 fully saturated rings. The summed E-state index contributed by atoms with van der Waals surface area (Å²) in [6, 6.07) is 14.8. The number of rotatable bonds is 1. The zero-order valence-corrected chi connectivity index (χ0v) is 15.8. The van der Waals surface area contributed by atoms with Crippen LogP contribution in [-0.4, -0.2) is 37.0 Å². The second-order valence-electron chi connectivity index (χ2n) is 7.92. The molecule has 5 rings (SSSR count). The Morgan fingerprint density at radius 1 is 0.962 bits per heavy atom. The summed E-state index contributed by atoms with van der Waals surface area (Å²) in [6.07, 6.45) is 4.50. The van der Waals surface area contributed by atoms with E-state index < -0.39 is 0 Å². The minimum Gasteiger partial charge on any atom is -0.339 e. The molecule has 2 aliphatic heterocycles. The third-order valence-electron chi connectivity index (χ3n) is 6.48. The lowest BCUT2D eigenvalue weighted by Crippen LogP contribution is -2.44. The van der Waals surface area contributed by atoms with E-state index in [4.69, 9.17) is 0 Å². The number of carbonyl (C=O) groups excluding carboxylic acids is 1. The number of nitrogens with one attached hydrogen (secondary N) is 1. The number of carbonyl (C=O) groups is 1. The molecule has 3 nitrogen and oxygen atoms in total. The topological polar surface area (TPSA) is 32.3 Å². The number of halogens is 1. The molecule has 0 radical (unpaired) electrons. The summed E-state index contributed by atoms with van der Waals surface area (Å²) >= 11 is 0. The monoisotopic (exact) mass is 368 g/mol. The molecule has 2 saturated heterocycles. The number of likely N-dealkylation sites (tertiary alicyclic amines) is 1. The van der Waals surface area contributed by atoms with Crippen LogP contribution >= 0.6 is 12.4 Å². The summed E-state index contributed by atoms with van der Waals surface area (Å²) in [5.74, 6) is 0.208. The summed E-state index contributed by atoms with van der Waals surface area (Å²) < 4.78 is 0. The van der Waals surface area contributed by atoms with Crippen LogP contribution in [0.15, 0.2) is 42.5 Å². The third kappa shape index (κ3) is 2.83. The standard InChI is InChI=1S/C22H24N2O.ClH/c25-21(24-11-8-22(9-12-24)7-10-23-15-22)17-5-6-20-18(14-17)13-16-3-1-2-4-19(16)20;/h1-6,14,23H,7-13,15H2;1H. The van der Waals surface area contributed by atoms with Crippen molar-refractivity contribution in [1.29, 1.82) is 0 Å². The Bertz CT molecular complexity index is 832. The van der Waals surface area contributed by atoms with Crippen LogP contribution in [0.3, 0.4) is 0 Å². The summed E-state index contributed by atoms with van der Waals surface area (Å²) in [4.78, 5) is 15.0. The first-order chi connectivity index (χ1) is 12.2. The van der Waals surface area contributed by atoms with Crippen LogP contribution in [0.4, 0.5) is 0 Å². The molecule has 1 aliphatic carbocycles. The molecular weight excluding hydrogens is 344 g/mol. The Morgan fingerprint density at radius 2 is 1.73 bits per heavy atom. The summed E-state index contributed by atoms with van der Waals surface area (Å²) in [5.41, 5.74) is 6.59. The van der Waals surface area contributed by atoms with E-state index in [1.54, 1.807) is 0 Å². The first kappa shape index (κ1) is 17.6. The predicted octanol–water partition coefficient (Wildman–Crippen LogP) is 3.90. The van der Waals surface area contributed by atoms with E-state index in [-0.39, 0.29) is 18.3 Å². The SMILES string of the molecule is Cl.O=C(c1ccc2c(c1)Cc1ccccc1-2)N1CCC2(CCNC2)CC1. The van der Waals surface area contributed by atoms with E-state index in [1.165, 1.54) is 28.7 Å². The van der Waals surface area contributed by atoms with Gasteiger partial charge in [-0.25, -0.2) is 0 Å². The highest BCUT2D eigenvalue weighted by Gasteiger charge is 2.38. The molecule has 0 atom stereocenters. The van der Waals surface area contributed by atoms with Gasteiger partial charge in [0.2, 0.25) is 0 Å². The molecule has 4 heteroatoms. The average Bonchev–Trinajstić information content (AvgIpc) is 3.25. The molecule has 0 unspecified atom stereocenters. The molecule has 1 amide bonds. The fourth-order valence-corrected chi connectivity index (χ4v) is 4.87. The summed E-state index contributed by atoms with van der Waals surface area (Å²) in [7, 11) is 0. The van der Waals surface area contributed by atoms with E-state index in [2.05, 4.69) is 46.6 Å². The fourth-order valence-electron chi connectivity index (χ4n) is 4.87. The van der Waals surface area contributed by atoms with Crippen molar-refractivity contribution in [2.24, 2.45) is 5.41 Å². The van der Waals surface area contributed by atoms with Gasteiger partial charge in [0.25, 0.3) is 5.91 Å². The van der Waals surface area contributed by atoms with Crippen LogP contribution in [0.1, 0.15) is 40.7 Å².